The fourth-order valence-corrected chi connectivity index (χ4v) is 6.58. The Bertz CT molecular complexity index is 1210. The minimum Gasteiger partial charge on any atom is -0.493 e. The third-order valence-electron chi connectivity index (χ3n) is 7.63. The second kappa shape index (κ2) is 9.85. The van der Waals surface area contributed by atoms with Gasteiger partial charge in [0.05, 0.1) is 25.3 Å². The lowest BCUT2D eigenvalue weighted by Crippen LogP contribution is -2.47. The van der Waals surface area contributed by atoms with Crippen LogP contribution in [0.4, 0.5) is 0 Å². The van der Waals surface area contributed by atoms with Crippen molar-refractivity contribution in [1.82, 2.24) is 4.98 Å². The van der Waals surface area contributed by atoms with Gasteiger partial charge < -0.3 is 19.7 Å². The maximum absolute atomic E-state index is 12.9. The third-order valence-corrected chi connectivity index (χ3v) is 8.52. The average Bonchev–Trinajstić information content (AvgIpc) is 3.34. The van der Waals surface area contributed by atoms with Crippen LogP contribution in [0.25, 0.3) is 16.1 Å². The third kappa shape index (κ3) is 4.24. The predicted molar refractivity (Wildman–Crippen MR) is 135 cm³/mol. The van der Waals surface area contributed by atoms with Crippen molar-refractivity contribution >= 4 is 28.8 Å². The number of aromatic nitrogens is 1. The first-order valence-electron chi connectivity index (χ1n) is 11.8. The predicted octanol–water partition coefficient (Wildman–Crippen LogP) is 5.91. The summed E-state index contributed by atoms with van der Waals surface area (Å²) in [7, 11) is 3.15. The van der Waals surface area contributed by atoms with Crippen molar-refractivity contribution < 1.29 is 29.3 Å². The van der Waals surface area contributed by atoms with Crippen LogP contribution in [-0.2, 0) is 9.59 Å². The van der Waals surface area contributed by atoms with Crippen molar-refractivity contribution in [3.8, 4) is 22.1 Å². The minimum absolute atomic E-state index is 0.120. The fourth-order valence-electron chi connectivity index (χ4n) is 5.76. The van der Waals surface area contributed by atoms with E-state index in [4.69, 9.17) is 14.5 Å². The largest absolute Gasteiger partial charge is 0.493 e. The molecule has 0 saturated heterocycles. The summed E-state index contributed by atoms with van der Waals surface area (Å²) in [5, 5.41) is 23.3. The fraction of sp³-hybridized carbons (Fsp3) is 0.444. The molecule has 2 aliphatic carbocycles. The Morgan fingerprint density at radius 3 is 2.37 bits per heavy atom. The first-order chi connectivity index (χ1) is 16.7. The van der Waals surface area contributed by atoms with E-state index in [2.05, 4.69) is 0 Å². The van der Waals surface area contributed by atoms with Gasteiger partial charge in [-0.3, -0.25) is 4.79 Å². The van der Waals surface area contributed by atoms with Crippen LogP contribution in [0.15, 0.2) is 40.8 Å². The van der Waals surface area contributed by atoms with E-state index >= 15 is 0 Å². The van der Waals surface area contributed by atoms with Crippen LogP contribution in [-0.4, -0.2) is 41.4 Å². The van der Waals surface area contributed by atoms with Gasteiger partial charge in [-0.15, -0.1) is 11.3 Å². The molecular weight excluding hydrogens is 466 g/mol. The van der Waals surface area contributed by atoms with Gasteiger partial charge in [0.25, 0.3) is 0 Å². The van der Waals surface area contributed by atoms with Crippen LogP contribution in [0.5, 0.6) is 11.5 Å². The Hall–Kier alpha value is -3.13. The molecule has 4 rings (SSSR count). The molecule has 0 radical (unpaired) electrons. The summed E-state index contributed by atoms with van der Waals surface area (Å²) in [6.07, 6.45) is 6.37. The zero-order valence-corrected chi connectivity index (χ0v) is 21.3. The minimum atomic E-state index is -1.28. The second-order valence-electron chi connectivity index (χ2n) is 9.30. The molecule has 1 aromatic carbocycles. The van der Waals surface area contributed by atoms with Crippen molar-refractivity contribution in [2.24, 2.45) is 17.3 Å². The maximum atomic E-state index is 12.9. The highest BCUT2D eigenvalue weighted by molar-refractivity contribution is 7.13. The topological polar surface area (TPSA) is 106 Å². The number of carbonyl (C=O) groups is 2. The van der Waals surface area contributed by atoms with Crippen LogP contribution in [0.1, 0.15) is 51.6 Å². The first kappa shape index (κ1) is 25.0. The quantitative estimate of drug-likeness (QED) is 0.489. The van der Waals surface area contributed by atoms with E-state index in [1.165, 1.54) is 11.3 Å². The number of ether oxygens (including phenoxy) is 2. The van der Waals surface area contributed by atoms with E-state index < -0.39 is 23.3 Å². The molecule has 1 fully saturated rings. The first-order valence-corrected chi connectivity index (χ1v) is 12.7. The zero-order valence-electron chi connectivity index (χ0n) is 20.5. The lowest BCUT2D eigenvalue weighted by Gasteiger charge is -2.44. The monoisotopic (exact) mass is 497 g/mol. The molecule has 8 heteroatoms. The Kier molecular flexibility index (Phi) is 7.03. The Morgan fingerprint density at radius 1 is 1.09 bits per heavy atom. The summed E-state index contributed by atoms with van der Waals surface area (Å²) in [5.74, 6) is -1.61. The number of rotatable bonds is 7. The van der Waals surface area contributed by atoms with E-state index in [0.29, 0.717) is 28.3 Å². The van der Waals surface area contributed by atoms with E-state index in [1.54, 1.807) is 28.1 Å². The van der Waals surface area contributed by atoms with Crippen LogP contribution >= 0.6 is 11.3 Å². The van der Waals surface area contributed by atoms with Gasteiger partial charge in [-0.05, 0) is 49.5 Å². The molecule has 1 heterocycles. The number of allylic oxidation sites excluding steroid dienone is 2. The lowest BCUT2D eigenvalue weighted by molar-refractivity contribution is -0.153. The molecule has 0 aliphatic heterocycles. The molecule has 2 aliphatic rings. The van der Waals surface area contributed by atoms with Crippen molar-refractivity contribution in [2.75, 3.05) is 14.2 Å². The summed E-state index contributed by atoms with van der Waals surface area (Å²) >= 11 is 1.42. The number of methoxy groups -OCH3 is 2. The van der Waals surface area contributed by atoms with Crippen molar-refractivity contribution in [2.45, 2.75) is 46.0 Å². The van der Waals surface area contributed by atoms with Crippen LogP contribution in [0.3, 0.4) is 0 Å². The van der Waals surface area contributed by atoms with Gasteiger partial charge in [-0.1, -0.05) is 32.3 Å². The number of carboxylic acid groups (broad SMARTS) is 2. The Balaban J connectivity index is 1.85. The van der Waals surface area contributed by atoms with E-state index in [-0.39, 0.29) is 11.5 Å². The molecule has 186 valence electrons. The highest BCUT2D eigenvalue weighted by Crippen LogP contribution is 2.53. The number of hydrogen-bond donors (Lipinski definition) is 2. The van der Waals surface area contributed by atoms with Gasteiger partial charge in [0.2, 0.25) is 0 Å². The van der Waals surface area contributed by atoms with Gasteiger partial charge in [0.15, 0.2) is 11.5 Å². The van der Waals surface area contributed by atoms with Gasteiger partial charge in [-0.2, -0.15) is 0 Å². The normalized spacial score (nSPS) is 23.1. The smallest absolute Gasteiger partial charge is 0.332 e. The second-order valence-corrected chi connectivity index (χ2v) is 10.2. The molecule has 7 nitrogen and oxygen atoms in total. The van der Waals surface area contributed by atoms with E-state index in [9.17, 15) is 19.8 Å². The molecule has 2 unspecified atom stereocenters. The van der Waals surface area contributed by atoms with E-state index in [0.717, 1.165) is 42.7 Å². The molecular formula is C27H31NO6S. The zero-order chi connectivity index (χ0) is 25.3. The van der Waals surface area contributed by atoms with Gasteiger partial charge in [-0.25, -0.2) is 9.78 Å². The number of aliphatic carboxylic acids is 2. The summed E-state index contributed by atoms with van der Waals surface area (Å²) in [4.78, 5) is 30.1. The number of benzene rings is 1. The SMILES string of the molecule is COc1ccc(-c2nc(C3=CC(C(=O)O)(C4CCCCC4)C(C)C(C(=O)O)=C3C)cs2)cc1OC. The summed E-state index contributed by atoms with van der Waals surface area (Å²) in [5.41, 5.74) is 1.47. The number of nitrogens with zero attached hydrogens (tertiary/aromatic N) is 1. The number of thiazole rings is 1. The summed E-state index contributed by atoms with van der Waals surface area (Å²) in [6, 6.07) is 5.53. The maximum Gasteiger partial charge on any atom is 0.332 e. The lowest BCUT2D eigenvalue weighted by atomic mass is 9.57. The van der Waals surface area contributed by atoms with E-state index in [1.807, 2.05) is 29.7 Å². The molecule has 2 aromatic rings. The molecule has 2 atom stereocenters. The molecule has 0 spiro atoms. The summed E-state index contributed by atoms with van der Waals surface area (Å²) < 4.78 is 10.7. The van der Waals surface area contributed by atoms with Crippen LogP contribution in [0.2, 0.25) is 0 Å². The molecule has 1 saturated carbocycles. The van der Waals surface area contributed by atoms with Gasteiger partial charge in [0.1, 0.15) is 5.01 Å². The van der Waals surface area contributed by atoms with Crippen LogP contribution < -0.4 is 9.47 Å². The highest BCUT2D eigenvalue weighted by Gasteiger charge is 2.53. The van der Waals surface area contributed by atoms with Crippen molar-refractivity contribution in [3.63, 3.8) is 0 Å². The molecule has 2 N–H and O–H groups in total. The number of carboxylic acids is 2. The average molecular weight is 498 g/mol. The van der Waals surface area contributed by atoms with Crippen LogP contribution in [0, 0.1) is 17.3 Å². The molecule has 0 amide bonds. The van der Waals surface area contributed by atoms with Crippen molar-refractivity contribution in [3.05, 3.63) is 46.5 Å². The van der Waals surface area contributed by atoms with Gasteiger partial charge >= 0.3 is 11.9 Å². The molecule has 35 heavy (non-hydrogen) atoms. The highest BCUT2D eigenvalue weighted by atomic mass is 32.1. The number of hydrogen-bond acceptors (Lipinski definition) is 6. The van der Waals surface area contributed by atoms with Crippen molar-refractivity contribution in [1.29, 1.82) is 0 Å². The van der Waals surface area contributed by atoms with Gasteiger partial charge in [0, 0.05) is 28.0 Å². The Morgan fingerprint density at radius 2 is 1.77 bits per heavy atom. The standard InChI is InChI=1S/C27H31NO6S/c1-15-19(20-14-35-24(28-20)17-10-11-21(33-3)22(12-17)34-4)13-27(26(31)32,16(2)23(15)25(29)30)18-8-6-5-7-9-18/h10-14,16,18H,5-9H2,1-4H3,(H,29,30)(H,31,32). The molecule has 0 bridgehead atoms. The summed E-state index contributed by atoms with van der Waals surface area (Å²) in [6.45, 7) is 3.51. The molecule has 1 aromatic heterocycles. The Labute approximate surface area is 209 Å².